The number of halogens is 1. The number of hydrogen-bond donors (Lipinski definition) is 3. The molecule has 0 heterocycles. The number of benzene rings is 1. The Labute approximate surface area is 222 Å². The summed E-state index contributed by atoms with van der Waals surface area (Å²) in [5, 5.41) is 14.8. The molecule has 0 aromatic heterocycles. The topological polar surface area (TPSA) is 95.7 Å². The van der Waals surface area contributed by atoms with Crippen LogP contribution in [0.5, 0.6) is 0 Å². The minimum absolute atomic E-state index is 0.0909. The maximum absolute atomic E-state index is 13.6. The summed E-state index contributed by atoms with van der Waals surface area (Å²) in [5.74, 6) is -1.10. The number of nitrogens with one attached hydrogen (secondary N) is 1. The van der Waals surface area contributed by atoms with Crippen molar-refractivity contribution in [3.8, 4) is 0 Å². The molecule has 6 nitrogen and oxygen atoms in total. The summed E-state index contributed by atoms with van der Waals surface area (Å²) in [6.07, 6.45) is 5.82. The zero-order valence-electron chi connectivity index (χ0n) is 23.2. The number of aliphatic hydroxyl groups is 1. The number of nitrogens with zero attached hydrogens (tertiary/aromatic N) is 1. The van der Waals surface area contributed by atoms with Crippen LogP contribution < -0.4 is 11.1 Å². The Kier molecular flexibility index (Phi) is 12.0. The summed E-state index contributed by atoms with van der Waals surface area (Å²) >= 11 is 0. The van der Waals surface area contributed by atoms with E-state index >= 15 is 0 Å². The fourth-order valence-electron chi connectivity index (χ4n) is 5.23. The molecule has 1 aliphatic rings. The molecule has 0 saturated heterocycles. The molecule has 4 N–H and O–H groups in total. The standard InChI is InChI=1S/C30H46FN3O3/c1-6-14-34(15-7-2)28(36)24-16-22(5)18-30(19-24,29(32)37)26(17-23-8-10-25(31)11-9-23)27(35)20-33-13-12-21(3)4/h8-11,16,18,21,26-27,33,35H,6-7,12-15,17,19-20H2,1-5H3,(H2,32,37)/t26-,27+,30?/m1/s1. The van der Waals surface area contributed by atoms with E-state index in [1.807, 2.05) is 37.8 Å². The molecule has 206 valence electrons. The molecule has 2 amide bonds. The Morgan fingerprint density at radius 3 is 2.32 bits per heavy atom. The van der Waals surface area contributed by atoms with Gasteiger partial charge in [0.1, 0.15) is 5.82 Å². The van der Waals surface area contributed by atoms with Crippen molar-refractivity contribution >= 4 is 11.8 Å². The maximum atomic E-state index is 13.6. The molecule has 37 heavy (non-hydrogen) atoms. The Morgan fingerprint density at radius 1 is 1.16 bits per heavy atom. The number of carbonyl (C=O) groups is 2. The van der Waals surface area contributed by atoms with Crippen LogP contribution in [0.25, 0.3) is 0 Å². The highest BCUT2D eigenvalue weighted by Gasteiger charge is 2.48. The van der Waals surface area contributed by atoms with Gasteiger partial charge in [0.05, 0.1) is 11.5 Å². The summed E-state index contributed by atoms with van der Waals surface area (Å²) in [7, 11) is 0. The Morgan fingerprint density at radius 2 is 1.78 bits per heavy atom. The number of primary amides is 1. The van der Waals surface area contributed by atoms with Gasteiger partial charge in [-0.15, -0.1) is 0 Å². The summed E-state index contributed by atoms with van der Waals surface area (Å²) in [6.45, 7) is 12.5. The molecule has 0 aliphatic heterocycles. The minimum atomic E-state index is -1.26. The second-order valence-corrected chi connectivity index (χ2v) is 10.8. The van der Waals surface area contributed by atoms with Crippen molar-refractivity contribution < 1.29 is 19.1 Å². The molecule has 3 atom stereocenters. The van der Waals surface area contributed by atoms with Crippen LogP contribution in [-0.4, -0.2) is 54.1 Å². The number of aliphatic hydroxyl groups excluding tert-OH is 1. The van der Waals surface area contributed by atoms with E-state index in [4.69, 9.17) is 5.73 Å². The largest absolute Gasteiger partial charge is 0.391 e. The molecule has 1 aliphatic carbocycles. The predicted molar refractivity (Wildman–Crippen MR) is 147 cm³/mol. The number of amides is 2. The third-order valence-corrected chi connectivity index (χ3v) is 7.12. The van der Waals surface area contributed by atoms with Gasteiger partial charge in [-0.25, -0.2) is 4.39 Å². The van der Waals surface area contributed by atoms with E-state index < -0.39 is 23.3 Å². The number of nitrogens with two attached hydrogens (primary N) is 1. The van der Waals surface area contributed by atoms with E-state index in [0.29, 0.717) is 31.0 Å². The van der Waals surface area contributed by atoms with E-state index in [-0.39, 0.29) is 24.7 Å². The summed E-state index contributed by atoms with van der Waals surface area (Å²) in [4.78, 5) is 28.6. The Hall–Kier alpha value is -2.51. The second kappa shape index (κ2) is 14.4. The van der Waals surface area contributed by atoms with Crippen LogP contribution >= 0.6 is 0 Å². The first kappa shape index (κ1) is 30.7. The first-order chi connectivity index (χ1) is 17.5. The van der Waals surface area contributed by atoms with E-state index in [0.717, 1.165) is 36.9 Å². The first-order valence-corrected chi connectivity index (χ1v) is 13.7. The van der Waals surface area contributed by atoms with Crippen molar-refractivity contribution in [1.29, 1.82) is 0 Å². The monoisotopic (exact) mass is 515 g/mol. The molecule has 0 fully saturated rings. The normalized spacial score (nSPS) is 19.2. The lowest BCUT2D eigenvalue weighted by atomic mass is 9.63. The molecule has 2 rings (SSSR count). The van der Waals surface area contributed by atoms with Gasteiger partial charge in [-0.2, -0.15) is 0 Å². The summed E-state index contributed by atoms with van der Waals surface area (Å²) < 4.78 is 13.6. The van der Waals surface area contributed by atoms with Gasteiger partial charge in [-0.05, 0) is 69.2 Å². The highest BCUT2D eigenvalue weighted by atomic mass is 19.1. The SMILES string of the molecule is CCCN(CCC)C(=O)C1=CC(C)=CC(C(N)=O)([C@H](Cc2ccc(F)cc2)[C@@H](O)CNCCC(C)C)C1. The maximum Gasteiger partial charge on any atom is 0.249 e. The van der Waals surface area contributed by atoms with Gasteiger partial charge < -0.3 is 21.1 Å². The molecule has 7 heteroatoms. The summed E-state index contributed by atoms with van der Waals surface area (Å²) in [5.41, 5.74) is 6.93. The van der Waals surface area contributed by atoms with Crippen molar-refractivity contribution in [3.63, 3.8) is 0 Å². The van der Waals surface area contributed by atoms with Crippen LogP contribution in [-0.2, 0) is 16.0 Å². The molecule has 0 bridgehead atoms. The van der Waals surface area contributed by atoms with Gasteiger partial charge in [-0.1, -0.05) is 57.6 Å². The number of rotatable bonds is 15. The van der Waals surface area contributed by atoms with Crippen LogP contribution in [0.4, 0.5) is 4.39 Å². The molecular weight excluding hydrogens is 469 g/mol. The van der Waals surface area contributed by atoms with Crippen molar-refractivity contribution in [2.45, 2.75) is 72.8 Å². The lowest BCUT2D eigenvalue weighted by molar-refractivity contribution is -0.132. The molecular formula is C30H46FN3O3. The molecule has 0 spiro atoms. The Balaban J connectivity index is 2.45. The van der Waals surface area contributed by atoms with E-state index in [9.17, 15) is 19.1 Å². The van der Waals surface area contributed by atoms with Gasteiger partial charge in [0.15, 0.2) is 0 Å². The fourth-order valence-corrected chi connectivity index (χ4v) is 5.23. The third kappa shape index (κ3) is 8.50. The smallest absolute Gasteiger partial charge is 0.249 e. The predicted octanol–water partition coefficient (Wildman–Crippen LogP) is 4.38. The van der Waals surface area contributed by atoms with Crippen LogP contribution in [0.1, 0.15) is 65.9 Å². The lowest BCUT2D eigenvalue weighted by Gasteiger charge is -2.42. The van der Waals surface area contributed by atoms with Gasteiger partial charge >= 0.3 is 0 Å². The number of allylic oxidation sites excluding steroid dienone is 2. The molecule has 0 radical (unpaired) electrons. The minimum Gasteiger partial charge on any atom is -0.391 e. The highest BCUT2D eigenvalue weighted by Crippen LogP contribution is 2.44. The number of hydrogen-bond acceptors (Lipinski definition) is 4. The van der Waals surface area contributed by atoms with Crippen molar-refractivity contribution in [3.05, 3.63) is 58.9 Å². The fraction of sp³-hybridized carbons (Fsp3) is 0.600. The third-order valence-electron chi connectivity index (χ3n) is 7.12. The molecule has 1 aromatic carbocycles. The van der Waals surface area contributed by atoms with Crippen LogP contribution in [0.15, 0.2) is 47.6 Å². The van der Waals surface area contributed by atoms with Gasteiger partial charge in [0.25, 0.3) is 0 Å². The van der Waals surface area contributed by atoms with E-state index in [2.05, 4.69) is 19.2 Å². The molecule has 1 unspecified atom stereocenters. The average molecular weight is 516 g/mol. The number of carbonyl (C=O) groups excluding carboxylic acids is 2. The van der Waals surface area contributed by atoms with Crippen molar-refractivity contribution in [2.24, 2.45) is 23.0 Å². The van der Waals surface area contributed by atoms with Gasteiger partial charge in [0, 0.05) is 31.1 Å². The van der Waals surface area contributed by atoms with Crippen LogP contribution in [0.3, 0.4) is 0 Å². The average Bonchev–Trinajstić information content (AvgIpc) is 2.84. The van der Waals surface area contributed by atoms with Gasteiger partial charge in [0.2, 0.25) is 11.8 Å². The second-order valence-electron chi connectivity index (χ2n) is 10.8. The van der Waals surface area contributed by atoms with Crippen molar-refractivity contribution in [1.82, 2.24) is 10.2 Å². The van der Waals surface area contributed by atoms with E-state index in [1.165, 1.54) is 12.1 Å². The zero-order valence-corrected chi connectivity index (χ0v) is 23.2. The Bertz CT molecular complexity index is 951. The van der Waals surface area contributed by atoms with Crippen molar-refractivity contribution in [2.75, 3.05) is 26.2 Å². The molecule has 0 saturated carbocycles. The first-order valence-electron chi connectivity index (χ1n) is 13.7. The summed E-state index contributed by atoms with van der Waals surface area (Å²) in [6, 6.07) is 6.09. The zero-order chi connectivity index (χ0) is 27.6. The van der Waals surface area contributed by atoms with Gasteiger partial charge in [-0.3, -0.25) is 9.59 Å². The van der Waals surface area contributed by atoms with Crippen LogP contribution in [0, 0.1) is 23.1 Å². The van der Waals surface area contributed by atoms with E-state index in [1.54, 1.807) is 12.1 Å². The van der Waals surface area contributed by atoms with Crippen LogP contribution in [0.2, 0.25) is 0 Å². The lowest BCUT2D eigenvalue weighted by Crippen LogP contribution is -2.52. The quantitative estimate of drug-likeness (QED) is 0.302. The molecule has 1 aromatic rings. The highest BCUT2D eigenvalue weighted by molar-refractivity contribution is 5.96.